The van der Waals surface area contributed by atoms with E-state index in [9.17, 15) is 8.42 Å². The first kappa shape index (κ1) is 17.9. The first-order valence-electron chi connectivity index (χ1n) is 6.39. The van der Waals surface area contributed by atoms with Crippen LogP contribution in [0, 0.1) is 12.8 Å². The van der Waals surface area contributed by atoms with Gasteiger partial charge in [0.05, 0.1) is 4.90 Å². The predicted molar refractivity (Wildman–Crippen MR) is 86.9 cm³/mol. The monoisotopic (exact) mass is 382 g/mol. The summed E-state index contributed by atoms with van der Waals surface area (Å²) in [5.41, 5.74) is 0.915. The van der Waals surface area contributed by atoms with Crippen LogP contribution in [-0.2, 0) is 10.0 Å². The topological polar surface area (TPSA) is 58.2 Å². The van der Waals surface area contributed by atoms with E-state index in [0.717, 1.165) is 23.0 Å². The number of halogens is 2. The van der Waals surface area contributed by atoms with Crippen molar-refractivity contribution in [3.8, 4) is 0 Å². The quantitative estimate of drug-likeness (QED) is 0.843. The molecule has 1 aromatic rings. The second-order valence-corrected chi connectivity index (χ2v) is 7.68. The van der Waals surface area contributed by atoms with Gasteiger partial charge in [-0.3, -0.25) is 0 Å². The number of sulfonamides is 1. The molecule has 2 unspecified atom stereocenters. The van der Waals surface area contributed by atoms with E-state index >= 15 is 0 Å². The third kappa shape index (κ3) is 4.18. The van der Waals surface area contributed by atoms with Gasteiger partial charge >= 0.3 is 0 Å². The smallest absolute Gasteiger partial charge is 0.240 e. The van der Waals surface area contributed by atoms with Crippen molar-refractivity contribution < 1.29 is 8.42 Å². The SMILES string of the molecule is Cc1cc(S(=O)(=O)NC2CNCCC2C)ccc1Br.Cl. The molecule has 0 saturated carbocycles. The third-order valence-corrected chi connectivity index (χ3v) is 5.95. The molecule has 1 aliphatic rings. The van der Waals surface area contributed by atoms with Crippen LogP contribution < -0.4 is 10.0 Å². The van der Waals surface area contributed by atoms with Crippen molar-refractivity contribution in [2.24, 2.45) is 5.92 Å². The molecular weight excluding hydrogens is 364 g/mol. The Hall–Kier alpha value is -0.140. The summed E-state index contributed by atoms with van der Waals surface area (Å²) in [5, 5.41) is 3.23. The number of hydrogen-bond donors (Lipinski definition) is 2. The molecule has 0 bridgehead atoms. The van der Waals surface area contributed by atoms with Gasteiger partial charge in [0, 0.05) is 17.1 Å². The highest BCUT2D eigenvalue weighted by atomic mass is 79.9. The summed E-state index contributed by atoms with van der Waals surface area (Å²) in [4.78, 5) is 0.325. The molecule has 2 rings (SSSR count). The van der Waals surface area contributed by atoms with Gasteiger partial charge in [-0.15, -0.1) is 12.4 Å². The number of piperidine rings is 1. The average Bonchev–Trinajstić information content (AvgIpc) is 2.35. The van der Waals surface area contributed by atoms with Gasteiger partial charge in [-0.1, -0.05) is 22.9 Å². The van der Waals surface area contributed by atoms with E-state index in [0.29, 0.717) is 17.4 Å². The number of benzene rings is 1. The Balaban J connectivity index is 0.00000200. The van der Waals surface area contributed by atoms with E-state index in [2.05, 4.69) is 32.9 Å². The molecule has 1 heterocycles. The molecule has 2 atom stereocenters. The molecule has 1 saturated heterocycles. The lowest BCUT2D eigenvalue weighted by Gasteiger charge is -2.30. The molecule has 4 nitrogen and oxygen atoms in total. The van der Waals surface area contributed by atoms with Crippen LogP contribution in [0.3, 0.4) is 0 Å². The maximum Gasteiger partial charge on any atom is 0.240 e. The van der Waals surface area contributed by atoms with Gasteiger partial charge < -0.3 is 5.32 Å². The summed E-state index contributed by atoms with van der Waals surface area (Å²) in [6.07, 6.45) is 0.993. The summed E-state index contributed by atoms with van der Waals surface area (Å²) < 4.78 is 28.4. The van der Waals surface area contributed by atoms with Crippen molar-refractivity contribution >= 4 is 38.4 Å². The van der Waals surface area contributed by atoms with Crippen LogP contribution in [-0.4, -0.2) is 27.5 Å². The molecule has 1 aromatic carbocycles. The second kappa shape index (κ2) is 7.22. The minimum atomic E-state index is -3.44. The number of hydrogen-bond acceptors (Lipinski definition) is 3. The van der Waals surface area contributed by atoms with E-state index in [-0.39, 0.29) is 18.4 Å². The van der Waals surface area contributed by atoms with Crippen molar-refractivity contribution in [2.75, 3.05) is 13.1 Å². The molecule has 0 spiro atoms. The molecule has 0 aromatic heterocycles. The first-order valence-corrected chi connectivity index (χ1v) is 8.67. The van der Waals surface area contributed by atoms with Gasteiger partial charge in [-0.25, -0.2) is 13.1 Å². The minimum Gasteiger partial charge on any atom is -0.315 e. The Labute approximate surface area is 135 Å². The van der Waals surface area contributed by atoms with Gasteiger partial charge in [0.15, 0.2) is 0 Å². The van der Waals surface area contributed by atoms with E-state index in [1.807, 2.05) is 6.92 Å². The fourth-order valence-corrected chi connectivity index (χ4v) is 3.88. The highest BCUT2D eigenvalue weighted by Crippen LogP contribution is 2.21. The summed E-state index contributed by atoms with van der Waals surface area (Å²) in [5.74, 6) is 0.354. The summed E-state index contributed by atoms with van der Waals surface area (Å²) in [6.45, 7) is 5.61. The first-order chi connectivity index (χ1) is 8.90. The Morgan fingerprint density at radius 1 is 1.40 bits per heavy atom. The van der Waals surface area contributed by atoms with Crippen molar-refractivity contribution in [1.29, 1.82) is 0 Å². The van der Waals surface area contributed by atoms with Crippen LogP contribution in [0.4, 0.5) is 0 Å². The maximum absolute atomic E-state index is 12.4. The summed E-state index contributed by atoms with van der Waals surface area (Å²) >= 11 is 3.38. The average molecular weight is 384 g/mol. The van der Waals surface area contributed by atoms with Crippen molar-refractivity contribution in [3.05, 3.63) is 28.2 Å². The maximum atomic E-state index is 12.4. The zero-order valence-corrected chi connectivity index (χ0v) is 14.7. The lowest BCUT2D eigenvalue weighted by molar-refractivity contribution is 0.327. The molecule has 114 valence electrons. The predicted octanol–water partition coefficient (Wildman–Crippen LogP) is 2.46. The summed E-state index contributed by atoms with van der Waals surface area (Å²) in [7, 11) is -3.44. The van der Waals surface area contributed by atoms with Gasteiger partial charge in [0.25, 0.3) is 0 Å². The Morgan fingerprint density at radius 2 is 2.10 bits per heavy atom. The van der Waals surface area contributed by atoms with E-state index < -0.39 is 10.0 Å². The molecule has 2 N–H and O–H groups in total. The fourth-order valence-electron chi connectivity index (χ4n) is 2.20. The highest BCUT2D eigenvalue weighted by Gasteiger charge is 2.26. The Kier molecular flexibility index (Phi) is 6.47. The fraction of sp³-hybridized carbons (Fsp3) is 0.538. The third-order valence-electron chi connectivity index (χ3n) is 3.57. The van der Waals surface area contributed by atoms with Crippen molar-refractivity contribution in [1.82, 2.24) is 10.0 Å². The van der Waals surface area contributed by atoms with Gasteiger partial charge in [0.2, 0.25) is 10.0 Å². The lowest BCUT2D eigenvalue weighted by atomic mass is 9.96. The standard InChI is InChI=1S/C13H19BrN2O2S.ClH/c1-9-5-6-15-8-13(9)16-19(17,18)11-3-4-12(14)10(2)7-11;/h3-4,7,9,13,15-16H,5-6,8H2,1-2H3;1H. The zero-order valence-electron chi connectivity index (χ0n) is 11.5. The zero-order chi connectivity index (χ0) is 14.0. The number of nitrogens with one attached hydrogen (secondary N) is 2. The lowest BCUT2D eigenvalue weighted by Crippen LogP contribution is -2.50. The van der Waals surface area contributed by atoms with Crippen LogP contribution in [0.1, 0.15) is 18.9 Å². The van der Waals surface area contributed by atoms with Crippen LogP contribution >= 0.6 is 28.3 Å². The second-order valence-electron chi connectivity index (χ2n) is 5.11. The Morgan fingerprint density at radius 3 is 2.70 bits per heavy atom. The van der Waals surface area contributed by atoms with Crippen molar-refractivity contribution in [3.63, 3.8) is 0 Å². The van der Waals surface area contributed by atoms with Gasteiger partial charge in [0.1, 0.15) is 0 Å². The van der Waals surface area contributed by atoms with E-state index in [4.69, 9.17) is 0 Å². The van der Waals surface area contributed by atoms with Gasteiger partial charge in [-0.05, 0) is 49.6 Å². The van der Waals surface area contributed by atoms with Crippen LogP contribution in [0.25, 0.3) is 0 Å². The van der Waals surface area contributed by atoms with E-state index in [1.54, 1.807) is 18.2 Å². The largest absolute Gasteiger partial charge is 0.315 e. The minimum absolute atomic E-state index is 0. The number of rotatable bonds is 3. The highest BCUT2D eigenvalue weighted by molar-refractivity contribution is 9.10. The molecule has 0 aliphatic carbocycles. The molecule has 1 aliphatic heterocycles. The Bertz CT molecular complexity index is 565. The van der Waals surface area contributed by atoms with Crippen LogP contribution in [0.5, 0.6) is 0 Å². The number of aryl methyl sites for hydroxylation is 1. The molecule has 1 fully saturated rings. The van der Waals surface area contributed by atoms with E-state index in [1.165, 1.54) is 0 Å². The molecular formula is C13H20BrClN2O2S. The molecule has 7 heteroatoms. The van der Waals surface area contributed by atoms with Crippen LogP contribution in [0.2, 0.25) is 0 Å². The molecule has 0 amide bonds. The molecule has 20 heavy (non-hydrogen) atoms. The summed E-state index contributed by atoms with van der Waals surface area (Å²) in [6, 6.07) is 5.04. The van der Waals surface area contributed by atoms with Crippen molar-refractivity contribution in [2.45, 2.75) is 31.2 Å². The van der Waals surface area contributed by atoms with Crippen LogP contribution in [0.15, 0.2) is 27.6 Å². The normalized spacial score (nSPS) is 23.1. The molecule has 0 radical (unpaired) electrons. The van der Waals surface area contributed by atoms with Gasteiger partial charge in [-0.2, -0.15) is 0 Å².